The van der Waals surface area contributed by atoms with Crippen LogP contribution in [0, 0.1) is 0 Å². The molecule has 2 aromatic rings. The molecule has 1 aliphatic heterocycles. The van der Waals surface area contributed by atoms with Gasteiger partial charge < -0.3 is 9.84 Å². The van der Waals surface area contributed by atoms with Crippen molar-refractivity contribution < 1.29 is 9.84 Å². The van der Waals surface area contributed by atoms with E-state index in [4.69, 9.17) is 4.74 Å². The second-order valence-electron chi connectivity index (χ2n) is 5.45. The predicted molar refractivity (Wildman–Crippen MR) is 80.1 cm³/mol. The van der Waals surface area contributed by atoms with E-state index in [1.54, 1.807) is 0 Å². The van der Waals surface area contributed by atoms with Gasteiger partial charge in [-0.3, -0.25) is 0 Å². The molecule has 3 rings (SSSR count). The molecule has 0 aromatic heterocycles. The van der Waals surface area contributed by atoms with E-state index in [1.807, 2.05) is 30.3 Å². The first-order chi connectivity index (χ1) is 9.69. The van der Waals surface area contributed by atoms with Crippen molar-refractivity contribution in [1.29, 1.82) is 0 Å². The number of rotatable bonds is 3. The summed E-state index contributed by atoms with van der Waals surface area (Å²) < 4.78 is 5.71. The number of fused-ring (bicyclic) bond motifs is 1. The summed E-state index contributed by atoms with van der Waals surface area (Å²) in [5.41, 5.74) is 4.34. The predicted octanol–water partition coefficient (Wildman–Crippen LogP) is 3.65. The highest BCUT2D eigenvalue weighted by molar-refractivity contribution is 5.44. The molecule has 2 atom stereocenters. The smallest absolute Gasteiger partial charge is 0.123 e. The van der Waals surface area contributed by atoms with Gasteiger partial charge in [-0.15, -0.1) is 0 Å². The van der Waals surface area contributed by atoms with Crippen LogP contribution in [0.25, 0.3) is 0 Å². The molecule has 20 heavy (non-hydrogen) atoms. The fraction of sp³-hybridized carbons (Fsp3) is 0.333. The standard InChI is InChI=1S/C18H20O2/c1-3-13-6-4-5-7-16(13)18(19)14-8-9-17-15(11-14)10-12(2)20-17/h4-9,11-12,18-19H,3,10H2,1-2H3. The van der Waals surface area contributed by atoms with Gasteiger partial charge >= 0.3 is 0 Å². The quantitative estimate of drug-likeness (QED) is 0.920. The molecule has 0 spiro atoms. The number of aliphatic hydroxyl groups is 1. The van der Waals surface area contributed by atoms with Crippen LogP contribution in [0.2, 0.25) is 0 Å². The third-order valence-electron chi connectivity index (χ3n) is 3.97. The summed E-state index contributed by atoms with van der Waals surface area (Å²) in [6.45, 7) is 4.19. The van der Waals surface area contributed by atoms with E-state index in [0.29, 0.717) is 0 Å². The highest BCUT2D eigenvalue weighted by Gasteiger charge is 2.21. The molecule has 0 fully saturated rings. The molecule has 2 aromatic carbocycles. The Morgan fingerprint density at radius 2 is 2.05 bits per heavy atom. The van der Waals surface area contributed by atoms with Gasteiger partial charge in [0.05, 0.1) is 0 Å². The van der Waals surface area contributed by atoms with Crippen LogP contribution in [0.1, 0.15) is 42.2 Å². The number of benzene rings is 2. The summed E-state index contributed by atoms with van der Waals surface area (Å²) in [5.74, 6) is 0.956. The summed E-state index contributed by atoms with van der Waals surface area (Å²) in [5, 5.41) is 10.7. The first-order valence-electron chi connectivity index (χ1n) is 7.24. The van der Waals surface area contributed by atoms with E-state index < -0.39 is 6.10 Å². The molecule has 0 saturated carbocycles. The Labute approximate surface area is 120 Å². The fourth-order valence-electron chi connectivity index (χ4n) is 2.91. The van der Waals surface area contributed by atoms with Gasteiger partial charge in [0, 0.05) is 6.42 Å². The summed E-state index contributed by atoms with van der Waals surface area (Å²) >= 11 is 0. The van der Waals surface area contributed by atoms with Crippen molar-refractivity contribution in [3.05, 3.63) is 64.7 Å². The first kappa shape index (κ1) is 13.2. The molecule has 0 saturated heterocycles. The number of ether oxygens (including phenoxy) is 1. The van der Waals surface area contributed by atoms with Gasteiger partial charge in [-0.05, 0) is 47.7 Å². The molecule has 104 valence electrons. The lowest BCUT2D eigenvalue weighted by Crippen LogP contribution is -2.05. The SMILES string of the molecule is CCc1ccccc1C(O)c1ccc2c(c1)CC(C)O2. The van der Waals surface area contributed by atoms with Gasteiger partial charge in [0.25, 0.3) is 0 Å². The van der Waals surface area contributed by atoms with Crippen molar-refractivity contribution in [2.24, 2.45) is 0 Å². The third-order valence-corrected chi connectivity index (χ3v) is 3.97. The highest BCUT2D eigenvalue weighted by atomic mass is 16.5. The number of hydrogen-bond donors (Lipinski definition) is 1. The highest BCUT2D eigenvalue weighted by Crippen LogP contribution is 2.33. The molecule has 1 N–H and O–H groups in total. The second kappa shape index (κ2) is 5.29. The van der Waals surface area contributed by atoms with Crippen LogP contribution in [0.3, 0.4) is 0 Å². The molecule has 2 nitrogen and oxygen atoms in total. The van der Waals surface area contributed by atoms with Crippen molar-refractivity contribution in [3.63, 3.8) is 0 Å². The Kier molecular flexibility index (Phi) is 3.49. The van der Waals surface area contributed by atoms with Crippen molar-refractivity contribution in [1.82, 2.24) is 0 Å². The second-order valence-corrected chi connectivity index (χ2v) is 5.45. The van der Waals surface area contributed by atoms with Crippen molar-refractivity contribution in [2.75, 3.05) is 0 Å². The third kappa shape index (κ3) is 2.32. The van der Waals surface area contributed by atoms with E-state index in [2.05, 4.69) is 26.0 Å². The average Bonchev–Trinajstić information content (AvgIpc) is 2.85. The number of aliphatic hydroxyl groups excluding tert-OH is 1. The van der Waals surface area contributed by atoms with E-state index in [9.17, 15) is 5.11 Å². The topological polar surface area (TPSA) is 29.5 Å². The van der Waals surface area contributed by atoms with Crippen molar-refractivity contribution in [3.8, 4) is 5.75 Å². The molecule has 0 amide bonds. The van der Waals surface area contributed by atoms with Crippen molar-refractivity contribution in [2.45, 2.75) is 38.9 Å². The maximum atomic E-state index is 10.7. The molecule has 1 aliphatic rings. The molecular weight excluding hydrogens is 248 g/mol. The Hall–Kier alpha value is -1.80. The molecule has 1 heterocycles. The summed E-state index contributed by atoms with van der Waals surface area (Å²) in [4.78, 5) is 0. The molecule has 0 radical (unpaired) electrons. The van der Waals surface area contributed by atoms with E-state index in [0.717, 1.165) is 29.7 Å². The molecule has 2 heteroatoms. The van der Waals surface area contributed by atoms with E-state index in [-0.39, 0.29) is 6.10 Å². The van der Waals surface area contributed by atoms with Crippen LogP contribution in [0.15, 0.2) is 42.5 Å². The Balaban J connectivity index is 1.95. The van der Waals surface area contributed by atoms with Crippen LogP contribution in [-0.2, 0) is 12.8 Å². The maximum absolute atomic E-state index is 10.7. The molecular formula is C18H20O2. The minimum Gasteiger partial charge on any atom is -0.490 e. The van der Waals surface area contributed by atoms with Gasteiger partial charge in [-0.25, -0.2) is 0 Å². The van der Waals surface area contributed by atoms with E-state index in [1.165, 1.54) is 11.1 Å². The Bertz CT molecular complexity index is 619. The average molecular weight is 268 g/mol. The molecule has 0 bridgehead atoms. The first-order valence-corrected chi connectivity index (χ1v) is 7.24. The van der Waals surface area contributed by atoms with Crippen LogP contribution >= 0.6 is 0 Å². The zero-order valence-corrected chi connectivity index (χ0v) is 12.0. The zero-order chi connectivity index (χ0) is 14.1. The van der Waals surface area contributed by atoms with Gasteiger partial charge in [-0.2, -0.15) is 0 Å². The van der Waals surface area contributed by atoms with Crippen molar-refractivity contribution >= 4 is 0 Å². The van der Waals surface area contributed by atoms with Crippen LogP contribution in [0.4, 0.5) is 0 Å². The van der Waals surface area contributed by atoms with Crippen LogP contribution < -0.4 is 4.74 Å². The molecule has 2 unspecified atom stereocenters. The molecule has 0 aliphatic carbocycles. The summed E-state index contributed by atoms with van der Waals surface area (Å²) in [7, 11) is 0. The lowest BCUT2D eigenvalue weighted by molar-refractivity contribution is 0.219. The largest absolute Gasteiger partial charge is 0.490 e. The minimum atomic E-state index is -0.563. The lowest BCUT2D eigenvalue weighted by Gasteiger charge is -2.16. The van der Waals surface area contributed by atoms with Crippen LogP contribution in [-0.4, -0.2) is 11.2 Å². The van der Waals surface area contributed by atoms with Gasteiger partial charge in [0.2, 0.25) is 0 Å². The Morgan fingerprint density at radius 3 is 2.85 bits per heavy atom. The Morgan fingerprint density at radius 1 is 1.25 bits per heavy atom. The van der Waals surface area contributed by atoms with Gasteiger partial charge in [0.15, 0.2) is 0 Å². The monoisotopic (exact) mass is 268 g/mol. The maximum Gasteiger partial charge on any atom is 0.123 e. The van der Waals surface area contributed by atoms with E-state index >= 15 is 0 Å². The lowest BCUT2D eigenvalue weighted by atomic mass is 9.94. The van der Waals surface area contributed by atoms with Gasteiger partial charge in [0.1, 0.15) is 18.0 Å². The summed E-state index contributed by atoms with van der Waals surface area (Å²) in [6, 6.07) is 14.1. The normalized spacial score (nSPS) is 18.4. The minimum absolute atomic E-state index is 0.236. The zero-order valence-electron chi connectivity index (χ0n) is 12.0. The number of hydrogen-bond acceptors (Lipinski definition) is 2. The summed E-state index contributed by atoms with van der Waals surface area (Å²) in [6.07, 6.45) is 1.52. The fourth-order valence-corrected chi connectivity index (χ4v) is 2.91. The number of aryl methyl sites for hydroxylation is 1. The van der Waals surface area contributed by atoms with Crippen LogP contribution in [0.5, 0.6) is 5.75 Å². The van der Waals surface area contributed by atoms with Gasteiger partial charge in [-0.1, -0.05) is 37.3 Å².